The Morgan fingerprint density at radius 1 is 1.12 bits per heavy atom. The number of hydrogen-bond donors (Lipinski definition) is 1. The monoisotopic (exact) mass is 498 g/mol. The summed E-state index contributed by atoms with van der Waals surface area (Å²) in [6, 6.07) is 16.6. The summed E-state index contributed by atoms with van der Waals surface area (Å²) in [5, 5.41) is 18.9. The minimum absolute atomic E-state index is 0.0123. The summed E-state index contributed by atoms with van der Waals surface area (Å²) >= 11 is 0.710. The predicted molar refractivity (Wildman–Crippen MR) is 128 cm³/mol. The molecule has 3 rings (SSSR count). The van der Waals surface area contributed by atoms with Crippen molar-refractivity contribution in [3.8, 4) is 17.6 Å². The maximum atomic E-state index is 12.3. The molecule has 2 aromatic carbocycles. The van der Waals surface area contributed by atoms with Gasteiger partial charge in [0.2, 0.25) is 19.3 Å². The number of nitrogens with one attached hydrogen (secondary N) is 1. The second-order valence-corrected chi connectivity index (χ2v) is 10.4. The van der Waals surface area contributed by atoms with E-state index in [0.717, 1.165) is 17.6 Å². The van der Waals surface area contributed by atoms with Crippen molar-refractivity contribution in [1.82, 2.24) is 10.2 Å². The number of aryl methyl sites for hydroxylation is 1. The summed E-state index contributed by atoms with van der Waals surface area (Å²) in [7, 11) is -3.53. The Kier molecular flexibility index (Phi) is 8.34. The number of rotatable bonds is 10. The molecule has 1 aromatic heterocycles. The first-order chi connectivity index (χ1) is 16.2. The number of ether oxygens (including phenoxy) is 2. The van der Waals surface area contributed by atoms with Crippen LogP contribution < -0.4 is 14.8 Å². The molecule has 0 saturated heterocycles. The fourth-order valence-electron chi connectivity index (χ4n) is 2.69. The van der Waals surface area contributed by atoms with Crippen LogP contribution in [-0.2, 0) is 14.6 Å². The van der Waals surface area contributed by atoms with Gasteiger partial charge in [0.25, 0.3) is 5.91 Å². The lowest BCUT2D eigenvalue weighted by atomic mass is 10.1. The molecule has 3 aromatic rings. The number of anilines is 1. The Balaban J connectivity index is 1.50. The maximum Gasteiger partial charge on any atom is 0.268 e. The van der Waals surface area contributed by atoms with Crippen molar-refractivity contribution >= 4 is 38.3 Å². The van der Waals surface area contributed by atoms with Gasteiger partial charge < -0.3 is 9.47 Å². The molecule has 176 valence electrons. The standard InChI is InChI=1S/C23H22N4O5S2/c1-16-5-3-6-20(13-16)32-12-4-11-31-19-9-7-17(8-10-19)14-18(15-24)21(28)25-22-26-27-23(33-22)34(2,29)30/h3,5-10,13-14H,4,11-12H2,1-2H3,(H,25,26,28). The van der Waals surface area contributed by atoms with Crippen LogP contribution >= 0.6 is 11.3 Å². The van der Waals surface area contributed by atoms with Crippen molar-refractivity contribution in [3.63, 3.8) is 0 Å². The van der Waals surface area contributed by atoms with E-state index in [1.165, 1.54) is 6.08 Å². The number of carbonyl (C=O) groups excluding carboxylic acids is 1. The van der Waals surface area contributed by atoms with Crippen LogP contribution in [-0.4, -0.2) is 44.0 Å². The van der Waals surface area contributed by atoms with Crippen LogP contribution in [0.15, 0.2) is 58.4 Å². The fraction of sp³-hybridized carbons (Fsp3) is 0.217. The normalized spacial score (nSPS) is 11.5. The number of aromatic nitrogens is 2. The zero-order chi connectivity index (χ0) is 24.6. The Hall–Kier alpha value is -3.75. The third-order valence-corrected chi connectivity index (χ3v) is 6.82. The molecule has 0 atom stereocenters. The molecule has 0 fully saturated rings. The number of carbonyl (C=O) groups is 1. The van der Waals surface area contributed by atoms with E-state index in [-0.39, 0.29) is 15.0 Å². The highest BCUT2D eigenvalue weighted by Crippen LogP contribution is 2.21. The van der Waals surface area contributed by atoms with Gasteiger partial charge in [-0.1, -0.05) is 35.6 Å². The molecular weight excluding hydrogens is 476 g/mol. The topological polar surface area (TPSA) is 131 Å². The molecule has 34 heavy (non-hydrogen) atoms. The van der Waals surface area contributed by atoms with Crippen LogP contribution in [0.2, 0.25) is 0 Å². The van der Waals surface area contributed by atoms with Gasteiger partial charge in [-0.2, -0.15) is 5.26 Å². The summed E-state index contributed by atoms with van der Waals surface area (Å²) in [4.78, 5) is 12.3. The molecule has 1 heterocycles. The summed E-state index contributed by atoms with van der Waals surface area (Å²) in [5.41, 5.74) is 1.59. The van der Waals surface area contributed by atoms with Gasteiger partial charge in [0, 0.05) is 12.7 Å². The van der Waals surface area contributed by atoms with E-state index in [4.69, 9.17) is 9.47 Å². The first kappa shape index (κ1) is 24.9. The van der Waals surface area contributed by atoms with Crippen molar-refractivity contribution in [2.75, 3.05) is 24.8 Å². The second kappa shape index (κ2) is 11.4. The summed E-state index contributed by atoms with van der Waals surface area (Å²) < 4.78 is 34.1. The molecule has 0 spiro atoms. The molecule has 0 aliphatic carbocycles. The number of amides is 1. The van der Waals surface area contributed by atoms with Gasteiger partial charge in [0.1, 0.15) is 23.1 Å². The first-order valence-corrected chi connectivity index (χ1v) is 12.8. The fourth-order valence-corrected chi connectivity index (χ4v) is 4.20. The minimum Gasteiger partial charge on any atom is -0.493 e. The smallest absolute Gasteiger partial charge is 0.268 e. The Bertz CT molecular complexity index is 1330. The molecule has 0 aliphatic rings. The Morgan fingerprint density at radius 2 is 1.82 bits per heavy atom. The van der Waals surface area contributed by atoms with Gasteiger partial charge >= 0.3 is 0 Å². The van der Waals surface area contributed by atoms with Crippen LogP contribution in [0, 0.1) is 18.3 Å². The van der Waals surface area contributed by atoms with Gasteiger partial charge in [-0.25, -0.2) is 8.42 Å². The highest BCUT2D eigenvalue weighted by Gasteiger charge is 2.17. The first-order valence-electron chi connectivity index (χ1n) is 10.1. The molecular formula is C23H22N4O5S2. The quantitative estimate of drug-likeness (QED) is 0.194. The lowest BCUT2D eigenvalue weighted by molar-refractivity contribution is -0.112. The van der Waals surface area contributed by atoms with Crippen molar-refractivity contribution in [3.05, 3.63) is 65.2 Å². The van der Waals surface area contributed by atoms with Gasteiger partial charge in [-0.15, -0.1) is 10.2 Å². The van der Waals surface area contributed by atoms with Crippen molar-refractivity contribution < 1.29 is 22.7 Å². The molecule has 0 unspecified atom stereocenters. The van der Waals surface area contributed by atoms with Crippen LogP contribution in [0.5, 0.6) is 11.5 Å². The molecule has 11 heteroatoms. The average molecular weight is 499 g/mol. The van der Waals surface area contributed by atoms with Crippen LogP contribution in [0.25, 0.3) is 6.08 Å². The van der Waals surface area contributed by atoms with E-state index < -0.39 is 15.7 Å². The van der Waals surface area contributed by atoms with Crippen molar-refractivity contribution in [1.29, 1.82) is 5.26 Å². The number of sulfone groups is 1. The van der Waals surface area contributed by atoms with Crippen molar-refractivity contribution in [2.45, 2.75) is 17.7 Å². The maximum absolute atomic E-state index is 12.3. The van der Waals surface area contributed by atoms with E-state index in [0.29, 0.717) is 42.3 Å². The third kappa shape index (κ3) is 7.40. The summed E-state index contributed by atoms with van der Waals surface area (Å²) in [6.45, 7) is 3.02. The third-order valence-electron chi connectivity index (χ3n) is 4.32. The molecule has 0 saturated carbocycles. The zero-order valence-electron chi connectivity index (χ0n) is 18.5. The highest BCUT2D eigenvalue weighted by atomic mass is 32.2. The number of benzene rings is 2. The van der Waals surface area contributed by atoms with E-state index in [2.05, 4.69) is 15.5 Å². The predicted octanol–water partition coefficient (Wildman–Crippen LogP) is 3.64. The summed E-state index contributed by atoms with van der Waals surface area (Å²) in [6.07, 6.45) is 3.11. The minimum atomic E-state index is -3.53. The molecule has 0 bridgehead atoms. The van der Waals surface area contributed by atoms with Crippen LogP contribution in [0.4, 0.5) is 5.13 Å². The van der Waals surface area contributed by atoms with E-state index >= 15 is 0 Å². The average Bonchev–Trinajstić information content (AvgIpc) is 3.27. The number of nitrogens with zero attached hydrogens (tertiary/aromatic N) is 3. The highest BCUT2D eigenvalue weighted by molar-refractivity contribution is 7.92. The van der Waals surface area contributed by atoms with Crippen LogP contribution in [0.3, 0.4) is 0 Å². The van der Waals surface area contributed by atoms with E-state index in [1.54, 1.807) is 24.3 Å². The molecule has 0 radical (unpaired) electrons. The van der Waals surface area contributed by atoms with Crippen LogP contribution in [0.1, 0.15) is 17.5 Å². The SMILES string of the molecule is Cc1cccc(OCCCOc2ccc(C=C(C#N)C(=O)Nc3nnc(S(C)(=O)=O)s3)cc2)c1. The largest absolute Gasteiger partial charge is 0.493 e. The number of hydrogen-bond acceptors (Lipinski definition) is 9. The Labute approximate surface area is 201 Å². The van der Waals surface area contributed by atoms with E-state index in [1.807, 2.05) is 37.3 Å². The molecule has 1 N–H and O–H groups in total. The summed E-state index contributed by atoms with van der Waals surface area (Å²) in [5.74, 6) is 0.765. The zero-order valence-corrected chi connectivity index (χ0v) is 20.1. The molecule has 0 aliphatic heterocycles. The van der Waals surface area contributed by atoms with Gasteiger partial charge in [-0.3, -0.25) is 10.1 Å². The lowest BCUT2D eigenvalue weighted by Gasteiger charge is -2.09. The number of nitriles is 1. The lowest BCUT2D eigenvalue weighted by Crippen LogP contribution is -2.13. The van der Waals surface area contributed by atoms with E-state index in [9.17, 15) is 18.5 Å². The van der Waals surface area contributed by atoms with Gasteiger partial charge in [0.15, 0.2) is 0 Å². The Morgan fingerprint density at radius 3 is 2.44 bits per heavy atom. The molecule has 1 amide bonds. The molecule has 9 nitrogen and oxygen atoms in total. The second-order valence-electron chi connectivity index (χ2n) is 7.21. The van der Waals surface area contributed by atoms with Gasteiger partial charge in [0.05, 0.1) is 13.2 Å². The van der Waals surface area contributed by atoms with Crippen molar-refractivity contribution in [2.24, 2.45) is 0 Å². The van der Waals surface area contributed by atoms with Gasteiger partial charge in [-0.05, 0) is 48.4 Å².